The number of nitrogens with one attached hydrogen (secondary N) is 1. The number of hydrogen-bond donors (Lipinski definition) is 2. The number of benzene rings is 3. The van der Waals surface area contributed by atoms with Crippen LogP contribution in [-0.4, -0.2) is 17.2 Å². The number of para-hydroxylation sites is 2. The third-order valence-corrected chi connectivity index (χ3v) is 4.21. The van der Waals surface area contributed by atoms with Gasteiger partial charge in [-0.25, -0.2) is 5.43 Å². The van der Waals surface area contributed by atoms with Gasteiger partial charge in [0.15, 0.2) is 0 Å². The minimum Gasteiger partial charge on any atom is -0.507 e. The lowest BCUT2D eigenvalue weighted by molar-refractivity contribution is 0.0950. The van der Waals surface area contributed by atoms with Crippen molar-refractivity contribution in [3.8, 4) is 11.5 Å². The van der Waals surface area contributed by atoms with Gasteiger partial charge >= 0.3 is 0 Å². The highest BCUT2D eigenvalue weighted by Gasteiger charge is 2.11. The van der Waals surface area contributed by atoms with E-state index in [1.807, 2.05) is 24.3 Å². The number of nitrogens with zero attached hydrogens (tertiary/aromatic N) is 1. The van der Waals surface area contributed by atoms with Crippen LogP contribution < -0.4 is 10.2 Å². The summed E-state index contributed by atoms with van der Waals surface area (Å²) in [5.41, 5.74) is 4.33. The minimum absolute atomic E-state index is 0.0910. The SMILES string of the molecule is O=C(NN=Cc1ccccc1O)c1ccccc1OCc1cccc(Br)c1. The molecule has 3 aromatic carbocycles. The van der Waals surface area contributed by atoms with E-state index in [0.717, 1.165) is 10.0 Å². The molecule has 3 aromatic rings. The first kappa shape index (κ1) is 18.7. The average Bonchev–Trinajstić information content (AvgIpc) is 2.68. The second-order valence-corrected chi connectivity index (χ2v) is 6.59. The molecule has 2 N–H and O–H groups in total. The molecule has 0 aliphatic rings. The van der Waals surface area contributed by atoms with E-state index < -0.39 is 5.91 Å². The lowest BCUT2D eigenvalue weighted by Crippen LogP contribution is -2.18. The van der Waals surface area contributed by atoms with Crippen molar-refractivity contribution >= 4 is 28.1 Å². The fraction of sp³-hybridized carbons (Fsp3) is 0.0476. The normalized spacial score (nSPS) is 10.7. The molecule has 0 radical (unpaired) electrons. The standard InChI is InChI=1S/C21H17BrN2O3/c22-17-8-5-6-15(12-17)14-27-20-11-4-2-9-18(20)21(26)24-23-13-16-7-1-3-10-19(16)25/h1-13,25H,14H2,(H,24,26). The number of hydrazone groups is 1. The summed E-state index contributed by atoms with van der Waals surface area (Å²) in [4.78, 5) is 12.4. The summed E-state index contributed by atoms with van der Waals surface area (Å²) in [5.74, 6) is 0.160. The highest BCUT2D eigenvalue weighted by molar-refractivity contribution is 9.10. The molecule has 0 heterocycles. The minimum atomic E-state index is -0.397. The van der Waals surface area contributed by atoms with E-state index in [4.69, 9.17) is 4.74 Å². The molecule has 0 spiro atoms. The van der Waals surface area contributed by atoms with Crippen LogP contribution in [0.5, 0.6) is 11.5 Å². The molecule has 27 heavy (non-hydrogen) atoms. The zero-order valence-electron chi connectivity index (χ0n) is 14.3. The number of halogens is 1. The van der Waals surface area contributed by atoms with Crippen molar-refractivity contribution < 1.29 is 14.6 Å². The lowest BCUT2D eigenvalue weighted by Gasteiger charge is -2.10. The van der Waals surface area contributed by atoms with E-state index in [1.165, 1.54) is 6.21 Å². The van der Waals surface area contributed by atoms with Crippen LogP contribution in [0.15, 0.2) is 82.4 Å². The third-order valence-electron chi connectivity index (χ3n) is 3.72. The van der Waals surface area contributed by atoms with Crippen LogP contribution in [0.1, 0.15) is 21.5 Å². The number of carbonyl (C=O) groups excluding carboxylic acids is 1. The molecule has 0 saturated heterocycles. The summed E-state index contributed by atoms with van der Waals surface area (Å²) in [6.45, 7) is 0.338. The van der Waals surface area contributed by atoms with Gasteiger partial charge in [-0.15, -0.1) is 0 Å². The summed E-state index contributed by atoms with van der Waals surface area (Å²) < 4.78 is 6.78. The number of phenolic OH excluding ortho intramolecular Hbond substituents is 1. The van der Waals surface area contributed by atoms with Gasteiger partial charge < -0.3 is 9.84 Å². The first-order chi connectivity index (χ1) is 13.1. The second kappa shape index (κ2) is 9.00. The molecule has 3 rings (SSSR count). The van der Waals surface area contributed by atoms with Crippen molar-refractivity contribution in [2.45, 2.75) is 6.61 Å². The number of hydrogen-bond acceptors (Lipinski definition) is 4. The van der Waals surface area contributed by atoms with Gasteiger partial charge in [-0.2, -0.15) is 5.10 Å². The fourth-order valence-corrected chi connectivity index (χ4v) is 2.83. The van der Waals surface area contributed by atoms with Gasteiger partial charge in [0.2, 0.25) is 0 Å². The average molecular weight is 425 g/mol. The Kier molecular flexibility index (Phi) is 6.22. The van der Waals surface area contributed by atoms with E-state index in [9.17, 15) is 9.90 Å². The van der Waals surface area contributed by atoms with E-state index in [0.29, 0.717) is 23.5 Å². The maximum absolute atomic E-state index is 12.4. The van der Waals surface area contributed by atoms with Crippen molar-refractivity contribution in [2.24, 2.45) is 5.10 Å². The molecule has 0 aliphatic heterocycles. The number of aromatic hydroxyl groups is 1. The molecule has 136 valence electrons. The Morgan fingerprint density at radius 1 is 1.07 bits per heavy atom. The van der Waals surface area contributed by atoms with Crippen molar-refractivity contribution in [3.63, 3.8) is 0 Å². The zero-order chi connectivity index (χ0) is 19.1. The predicted octanol–water partition coefficient (Wildman–Crippen LogP) is 4.50. The Bertz CT molecular complexity index is 973. The molecule has 0 saturated carbocycles. The molecule has 0 aromatic heterocycles. The number of carbonyl (C=O) groups is 1. The van der Waals surface area contributed by atoms with Gasteiger partial charge in [0.1, 0.15) is 18.1 Å². The van der Waals surface area contributed by atoms with Crippen LogP contribution in [-0.2, 0) is 6.61 Å². The maximum atomic E-state index is 12.4. The van der Waals surface area contributed by atoms with Gasteiger partial charge in [-0.1, -0.05) is 52.3 Å². The van der Waals surface area contributed by atoms with Crippen LogP contribution in [0.3, 0.4) is 0 Å². The number of amides is 1. The Morgan fingerprint density at radius 3 is 2.67 bits per heavy atom. The van der Waals surface area contributed by atoms with Gasteiger partial charge in [0.25, 0.3) is 5.91 Å². The molecule has 6 heteroatoms. The quantitative estimate of drug-likeness (QED) is 0.452. The number of phenols is 1. The maximum Gasteiger partial charge on any atom is 0.275 e. The van der Waals surface area contributed by atoms with Gasteiger partial charge in [-0.3, -0.25) is 4.79 Å². The molecule has 0 aliphatic carbocycles. The van der Waals surface area contributed by atoms with Gasteiger partial charge in [0, 0.05) is 10.0 Å². The monoisotopic (exact) mass is 424 g/mol. The van der Waals surface area contributed by atoms with Crippen LogP contribution >= 0.6 is 15.9 Å². The van der Waals surface area contributed by atoms with Crippen LogP contribution in [0, 0.1) is 0 Å². The summed E-state index contributed by atoms with van der Waals surface area (Å²) in [7, 11) is 0. The highest BCUT2D eigenvalue weighted by atomic mass is 79.9. The Hall–Kier alpha value is -3.12. The van der Waals surface area contributed by atoms with Gasteiger partial charge in [-0.05, 0) is 42.0 Å². The number of ether oxygens (including phenoxy) is 1. The number of rotatable bonds is 6. The Morgan fingerprint density at radius 2 is 1.85 bits per heavy atom. The summed E-state index contributed by atoms with van der Waals surface area (Å²) in [6.07, 6.45) is 1.39. The largest absolute Gasteiger partial charge is 0.507 e. The van der Waals surface area contributed by atoms with Crippen molar-refractivity contribution in [2.75, 3.05) is 0 Å². The zero-order valence-corrected chi connectivity index (χ0v) is 15.9. The predicted molar refractivity (Wildman–Crippen MR) is 108 cm³/mol. The van der Waals surface area contributed by atoms with E-state index >= 15 is 0 Å². The Labute approximate surface area is 165 Å². The summed E-state index contributed by atoms with van der Waals surface area (Å²) in [5, 5.41) is 13.6. The van der Waals surface area contributed by atoms with E-state index in [2.05, 4.69) is 26.5 Å². The van der Waals surface area contributed by atoms with Crippen LogP contribution in [0.4, 0.5) is 0 Å². The highest BCUT2D eigenvalue weighted by Crippen LogP contribution is 2.20. The van der Waals surface area contributed by atoms with Crippen LogP contribution in [0.2, 0.25) is 0 Å². The third kappa shape index (κ3) is 5.18. The van der Waals surface area contributed by atoms with Gasteiger partial charge in [0.05, 0.1) is 11.8 Å². The molecule has 0 unspecified atom stereocenters. The van der Waals surface area contributed by atoms with E-state index in [-0.39, 0.29) is 5.75 Å². The first-order valence-corrected chi connectivity index (χ1v) is 9.00. The molecule has 5 nitrogen and oxygen atoms in total. The summed E-state index contributed by atoms with van der Waals surface area (Å²) >= 11 is 3.43. The smallest absolute Gasteiger partial charge is 0.275 e. The molecule has 0 fully saturated rings. The van der Waals surface area contributed by atoms with E-state index in [1.54, 1.807) is 48.5 Å². The van der Waals surface area contributed by atoms with Crippen molar-refractivity contribution in [3.05, 3.63) is 94.0 Å². The lowest BCUT2D eigenvalue weighted by atomic mass is 10.2. The second-order valence-electron chi connectivity index (χ2n) is 5.67. The topological polar surface area (TPSA) is 70.9 Å². The summed E-state index contributed by atoms with van der Waals surface area (Å²) in [6, 6.07) is 21.5. The molecule has 1 amide bonds. The first-order valence-electron chi connectivity index (χ1n) is 8.21. The van der Waals surface area contributed by atoms with Crippen molar-refractivity contribution in [1.29, 1.82) is 0 Å². The van der Waals surface area contributed by atoms with Crippen molar-refractivity contribution in [1.82, 2.24) is 5.43 Å². The van der Waals surface area contributed by atoms with Crippen LogP contribution in [0.25, 0.3) is 0 Å². The molecule has 0 atom stereocenters. The molecular weight excluding hydrogens is 408 g/mol. The molecule has 0 bridgehead atoms. The molecular formula is C21H17BrN2O3. The Balaban J connectivity index is 1.67. The fourth-order valence-electron chi connectivity index (χ4n) is 2.39.